The number of carbonyl (C=O) groups is 1. The molecule has 1 saturated heterocycles. The Morgan fingerprint density at radius 1 is 1.30 bits per heavy atom. The van der Waals surface area contributed by atoms with Crippen LogP contribution in [0.15, 0.2) is 30.3 Å². The summed E-state index contributed by atoms with van der Waals surface area (Å²) in [5.74, 6) is 0.919. The molecule has 1 aromatic carbocycles. The van der Waals surface area contributed by atoms with Crippen LogP contribution in [-0.4, -0.2) is 42.3 Å². The maximum absolute atomic E-state index is 13.6. The van der Waals surface area contributed by atoms with Crippen LogP contribution in [0.2, 0.25) is 0 Å². The Balaban J connectivity index is 1.34. The number of piperidine rings is 1. The summed E-state index contributed by atoms with van der Waals surface area (Å²) in [6, 6.07) is 7.36. The third-order valence-electron chi connectivity index (χ3n) is 5.20. The number of halogens is 1. The molecule has 4 nitrogen and oxygen atoms in total. The fourth-order valence-electron chi connectivity index (χ4n) is 3.46. The number of hydrogen-bond donors (Lipinski definition) is 1. The molecule has 0 radical (unpaired) electrons. The summed E-state index contributed by atoms with van der Waals surface area (Å²) in [5, 5.41) is 3.63. The molecule has 2 aliphatic rings. The molecule has 2 unspecified atom stereocenters. The lowest BCUT2D eigenvalue weighted by molar-refractivity contribution is 0.0184. The Hall–Kier alpha value is -1.88. The van der Waals surface area contributed by atoms with Crippen molar-refractivity contribution in [3.63, 3.8) is 0 Å². The van der Waals surface area contributed by atoms with E-state index in [9.17, 15) is 9.18 Å². The van der Waals surface area contributed by atoms with Crippen molar-refractivity contribution < 1.29 is 13.9 Å². The molecule has 0 aromatic heterocycles. The highest BCUT2D eigenvalue weighted by Crippen LogP contribution is 2.33. The molecule has 1 aliphatic carbocycles. The first-order valence-corrected chi connectivity index (χ1v) is 9.96. The molecular formula is C22H31FN2O2. The lowest BCUT2D eigenvalue weighted by Gasteiger charge is -2.33. The molecule has 1 aliphatic heterocycles. The number of likely N-dealkylation sites (tertiary alicyclic amines) is 1. The van der Waals surface area contributed by atoms with Crippen molar-refractivity contribution in [3.05, 3.63) is 41.7 Å². The third kappa shape index (κ3) is 6.06. The zero-order chi connectivity index (χ0) is 19.4. The smallest absolute Gasteiger partial charge is 0.410 e. The van der Waals surface area contributed by atoms with Gasteiger partial charge in [-0.05, 0) is 64.5 Å². The van der Waals surface area contributed by atoms with Crippen molar-refractivity contribution in [1.82, 2.24) is 10.2 Å². The van der Waals surface area contributed by atoms with Crippen LogP contribution in [0.1, 0.15) is 45.6 Å². The quantitative estimate of drug-likeness (QED) is 0.827. The maximum atomic E-state index is 13.6. The Kier molecular flexibility index (Phi) is 6.20. The van der Waals surface area contributed by atoms with E-state index in [4.69, 9.17) is 4.74 Å². The molecule has 3 rings (SSSR count). The maximum Gasteiger partial charge on any atom is 0.410 e. The topological polar surface area (TPSA) is 41.6 Å². The van der Waals surface area contributed by atoms with E-state index in [1.54, 1.807) is 12.1 Å². The van der Waals surface area contributed by atoms with E-state index in [0.29, 0.717) is 23.4 Å². The molecule has 1 N–H and O–H groups in total. The fraction of sp³-hybridized carbons (Fsp3) is 0.591. The summed E-state index contributed by atoms with van der Waals surface area (Å²) in [6.07, 6.45) is 6.93. The van der Waals surface area contributed by atoms with E-state index in [2.05, 4.69) is 11.4 Å². The molecule has 1 amide bonds. The number of rotatable bonds is 5. The molecule has 2 fully saturated rings. The molecule has 148 valence electrons. The van der Waals surface area contributed by atoms with Gasteiger partial charge in [0.1, 0.15) is 11.4 Å². The van der Waals surface area contributed by atoms with Gasteiger partial charge in [-0.2, -0.15) is 0 Å². The number of hydrogen-bond acceptors (Lipinski definition) is 3. The van der Waals surface area contributed by atoms with E-state index < -0.39 is 5.60 Å². The summed E-state index contributed by atoms with van der Waals surface area (Å²) >= 11 is 0. The summed E-state index contributed by atoms with van der Waals surface area (Å²) in [7, 11) is 0. The first-order valence-electron chi connectivity index (χ1n) is 9.96. The van der Waals surface area contributed by atoms with Crippen LogP contribution in [0, 0.1) is 17.7 Å². The van der Waals surface area contributed by atoms with Crippen molar-refractivity contribution in [1.29, 1.82) is 0 Å². The standard InChI is InChI=1S/C22H31FN2O2/c1-22(2,3)27-21(26)25-12-10-16(11-13-25)15-24-20-14-18(20)9-8-17-6-4-5-7-19(17)23/h4-9,16,18,20,24H,10-15H2,1-3H3. The number of nitrogens with one attached hydrogen (secondary N) is 1. The summed E-state index contributed by atoms with van der Waals surface area (Å²) in [6.45, 7) is 8.21. The van der Waals surface area contributed by atoms with Gasteiger partial charge in [0.05, 0.1) is 0 Å². The van der Waals surface area contributed by atoms with E-state index in [-0.39, 0.29) is 11.9 Å². The number of ether oxygens (including phenoxy) is 1. The van der Waals surface area contributed by atoms with Crippen LogP contribution in [-0.2, 0) is 4.74 Å². The van der Waals surface area contributed by atoms with Gasteiger partial charge in [0.2, 0.25) is 0 Å². The van der Waals surface area contributed by atoms with Gasteiger partial charge in [0.25, 0.3) is 0 Å². The normalized spacial score (nSPS) is 23.6. The minimum atomic E-state index is -0.438. The lowest BCUT2D eigenvalue weighted by atomic mass is 9.97. The zero-order valence-corrected chi connectivity index (χ0v) is 16.6. The Morgan fingerprint density at radius 3 is 2.67 bits per heavy atom. The molecule has 1 aromatic rings. The van der Waals surface area contributed by atoms with Crippen LogP contribution >= 0.6 is 0 Å². The third-order valence-corrected chi connectivity index (χ3v) is 5.20. The van der Waals surface area contributed by atoms with Gasteiger partial charge in [-0.3, -0.25) is 0 Å². The summed E-state index contributed by atoms with van der Waals surface area (Å²) < 4.78 is 19.1. The first kappa shape index (κ1) is 19.9. The van der Waals surface area contributed by atoms with E-state index in [0.717, 1.165) is 38.9 Å². The molecular weight excluding hydrogens is 343 g/mol. The van der Waals surface area contributed by atoms with Gasteiger partial charge in [-0.15, -0.1) is 0 Å². The molecule has 2 atom stereocenters. The van der Waals surface area contributed by atoms with Crippen molar-refractivity contribution >= 4 is 12.2 Å². The minimum Gasteiger partial charge on any atom is -0.444 e. The van der Waals surface area contributed by atoms with Gasteiger partial charge >= 0.3 is 6.09 Å². The van der Waals surface area contributed by atoms with Gasteiger partial charge in [0.15, 0.2) is 0 Å². The highest BCUT2D eigenvalue weighted by Gasteiger charge is 2.35. The monoisotopic (exact) mass is 374 g/mol. The average molecular weight is 375 g/mol. The fourth-order valence-corrected chi connectivity index (χ4v) is 3.46. The Morgan fingerprint density at radius 2 is 2.00 bits per heavy atom. The Labute approximate surface area is 161 Å². The number of carbonyl (C=O) groups excluding carboxylic acids is 1. The van der Waals surface area contributed by atoms with Gasteiger partial charge in [0, 0.05) is 24.7 Å². The highest BCUT2D eigenvalue weighted by molar-refractivity contribution is 5.68. The van der Waals surface area contributed by atoms with Crippen LogP contribution in [0.5, 0.6) is 0 Å². The number of benzene rings is 1. The summed E-state index contributed by atoms with van der Waals surface area (Å²) in [5.41, 5.74) is 0.213. The van der Waals surface area contributed by atoms with E-state index >= 15 is 0 Å². The molecule has 1 saturated carbocycles. The summed E-state index contributed by atoms with van der Waals surface area (Å²) in [4.78, 5) is 13.9. The average Bonchev–Trinajstić information content (AvgIpc) is 3.37. The van der Waals surface area contributed by atoms with Gasteiger partial charge in [-0.1, -0.05) is 30.4 Å². The minimum absolute atomic E-state index is 0.171. The van der Waals surface area contributed by atoms with Crippen LogP contribution in [0.4, 0.5) is 9.18 Å². The molecule has 5 heteroatoms. The molecule has 27 heavy (non-hydrogen) atoms. The SMILES string of the molecule is CC(C)(C)OC(=O)N1CCC(CNC2CC2C=Cc2ccccc2F)CC1. The van der Waals surface area contributed by atoms with Crippen LogP contribution < -0.4 is 5.32 Å². The largest absolute Gasteiger partial charge is 0.444 e. The van der Waals surface area contributed by atoms with Crippen molar-refractivity contribution in [2.45, 2.75) is 51.7 Å². The van der Waals surface area contributed by atoms with E-state index in [1.807, 2.05) is 37.8 Å². The molecule has 0 bridgehead atoms. The predicted octanol–water partition coefficient (Wildman–Crippen LogP) is 4.46. The van der Waals surface area contributed by atoms with Gasteiger partial charge in [-0.25, -0.2) is 9.18 Å². The first-order chi connectivity index (χ1) is 12.8. The van der Waals surface area contributed by atoms with E-state index in [1.165, 1.54) is 6.07 Å². The predicted molar refractivity (Wildman–Crippen MR) is 106 cm³/mol. The second-order valence-electron chi connectivity index (χ2n) is 8.71. The number of amides is 1. The highest BCUT2D eigenvalue weighted by atomic mass is 19.1. The lowest BCUT2D eigenvalue weighted by Crippen LogP contribution is -2.43. The second-order valence-corrected chi connectivity index (χ2v) is 8.71. The molecule has 0 spiro atoms. The second kappa shape index (κ2) is 8.42. The van der Waals surface area contributed by atoms with Crippen molar-refractivity contribution in [3.8, 4) is 0 Å². The number of nitrogens with zero attached hydrogens (tertiary/aromatic N) is 1. The molecule has 1 heterocycles. The Bertz CT molecular complexity index is 675. The zero-order valence-electron chi connectivity index (χ0n) is 16.6. The van der Waals surface area contributed by atoms with Crippen LogP contribution in [0.25, 0.3) is 6.08 Å². The van der Waals surface area contributed by atoms with Crippen molar-refractivity contribution in [2.75, 3.05) is 19.6 Å². The van der Waals surface area contributed by atoms with Crippen molar-refractivity contribution in [2.24, 2.45) is 11.8 Å². The van der Waals surface area contributed by atoms with Gasteiger partial charge < -0.3 is 15.0 Å². The van der Waals surface area contributed by atoms with Crippen LogP contribution in [0.3, 0.4) is 0 Å².